The fourth-order valence-electron chi connectivity index (χ4n) is 4.71. The predicted molar refractivity (Wildman–Crippen MR) is 160 cm³/mol. The van der Waals surface area contributed by atoms with E-state index in [0.29, 0.717) is 6.42 Å². The van der Waals surface area contributed by atoms with Crippen LogP contribution in [0.4, 0.5) is 22.7 Å². The van der Waals surface area contributed by atoms with Crippen molar-refractivity contribution in [3.05, 3.63) is 115 Å². The summed E-state index contributed by atoms with van der Waals surface area (Å²) in [7, 11) is 3.99. The summed E-state index contributed by atoms with van der Waals surface area (Å²) in [5.41, 5.74) is 8.12. The van der Waals surface area contributed by atoms with Crippen LogP contribution in [-0.4, -0.2) is 25.0 Å². The average Bonchev–Trinajstić information content (AvgIpc) is 3.33. The number of benzene rings is 4. The molecule has 0 aliphatic heterocycles. The molecule has 6 aromatic rings. The van der Waals surface area contributed by atoms with Crippen LogP contribution < -0.4 is 15.5 Å². The lowest BCUT2D eigenvalue weighted by Gasteiger charge is -2.13. The summed E-state index contributed by atoms with van der Waals surface area (Å²) in [6, 6.07) is 33.8. The number of nitrogens with one attached hydrogen (secondary N) is 2. The number of pyridine rings is 1. The largest absolute Gasteiger partial charge is 0.455 e. The number of para-hydroxylation sites is 2. The minimum atomic E-state index is -0.0492. The fourth-order valence-corrected chi connectivity index (χ4v) is 4.71. The maximum absolute atomic E-state index is 12.5. The second-order valence-corrected chi connectivity index (χ2v) is 9.70. The van der Waals surface area contributed by atoms with Crippen molar-refractivity contribution in [3.8, 4) is 11.3 Å². The van der Waals surface area contributed by atoms with Crippen LogP contribution in [0.1, 0.15) is 5.56 Å². The van der Waals surface area contributed by atoms with Gasteiger partial charge in [0.25, 0.3) is 0 Å². The Morgan fingerprint density at radius 3 is 2.33 bits per heavy atom. The van der Waals surface area contributed by atoms with Crippen LogP contribution in [0.15, 0.2) is 114 Å². The molecule has 0 saturated heterocycles. The van der Waals surface area contributed by atoms with Gasteiger partial charge in [0.15, 0.2) is 0 Å². The number of furan rings is 1. The first kappa shape index (κ1) is 24.2. The van der Waals surface area contributed by atoms with E-state index >= 15 is 0 Å². The van der Waals surface area contributed by atoms with Gasteiger partial charge in [0.1, 0.15) is 11.2 Å². The van der Waals surface area contributed by atoms with Gasteiger partial charge < -0.3 is 20.0 Å². The normalized spacial score (nSPS) is 11.0. The second-order valence-electron chi connectivity index (χ2n) is 9.70. The number of fused-ring (bicyclic) bond motifs is 3. The molecule has 2 N–H and O–H groups in total. The van der Waals surface area contributed by atoms with E-state index < -0.39 is 0 Å². The molecule has 0 radical (unpaired) electrons. The molecular weight excluding hydrogens is 484 g/mol. The Bertz CT molecular complexity index is 1770. The zero-order valence-electron chi connectivity index (χ0n) is 21.8. The van der Waals surface area contributed by atoms with Gasteiger partial charge in [0, 0.05) is 59.4 Å². The molecule has 192 valence electrons. The molecule has 6 heteroatoms. The van der Waals surface area contributed by atoms with Crippen LogP contribution in [0.2, 0.25) is 0 Å². The molecular formula is C33H28N4O2. The SMILES string of the molecule is CN(C)c1ccc(CC(=O)Nc2ccc(Nc3ccnc(-c4cccc5c4oc4ccccc45)c3)cc2)cc1. The van der Waals surface area contributed by atoms with Crippen LogP contribution in [0, 0.1) is 0 Å². The number of aromatic nitrogens is 1. The highest BCUT2D eigenvalue weighted by atomic mass is 16.3. The van der Waals surface area contributed by atoms with Crippen molar-refractivity contribution < 1.29 is 9.21 Å². The number of hydrogen-bond acceptors (Lipinski definition) is 5. The van der Waals surface area contributed by atoms with E-state index in [4.69, 9.17) is 4.42 Å². The van der Waals surface area contributed by atoms with Crippen molar-refractivity contribution in [1.82, 2.24) is 4.98 Å². The van der Waals surface area contributed by atoms with E-state index in [1.54, 1.807) is 6.20 Å². The highest BCUT2D eigenvalue weighted by Crippen LogP contribution is 2.35. The molecule has 1 amide bonds. The molecule has 0 saturated carbocycles. The molecule has 39 heavy (non-hydrogen) atoms. The molecule has 2 heterocycles. The van der Waals surface area contributed by atoms with E-state index in [2.05, 4.69) is 27.8 Å². The second kappa shape index (κ2) is 10.3. The maximum Gasteiger partial charge on any atom is 0.228 e. The van der Waals surface area contributed by atoms with Crippen LogP contribution in [0.3, 0.4) is 0 Å². The zero-order valence-corrected chi connectivity index (χ0v) is 21.8. The third-order valence-electron chi connectivity index (χ3n) is 6.71. The number of carbonyl (C=O) groups excluding carboxylic acids is 1. The van der Waals surface area contributed by atoms with Crippen molar-refractivity contribution in [2.45, 2.75) is 6.42 Å². The predicted octanol–water partition coefficient (Wildman–Crippen LogP) is 7.64. The summed E-state index contributed by atoms with van der Waals surface area (Å²) in [4.78, 5) is 19.2. The summed E-state index contributed by atoms with van der Waals surface area (Å²) in [6.45, 7) is 0. The van der Waals surface area contributed by atoms with Gasteiger partial charge in [-0.1, -0.05) is 42.5 Å². The summed E-state index contributed by atoms with van der Waals surface area (Å²) in [5, 5.41) is 8.59. The Hall–Kier alpha value is -5.10. The minimum absolute atomic E-state index is 0.0492. The third-order valence-corrected chi connectivity index (χ3v) is 6.71. The summed E-state index contributed by atoms with van der Waals surface area (Å²) in [6.07, 6.45) is 2.12. The van der Waals surface area contributed by atoms with Gasteiger partial charge >= 0.3 is 0 Å². The molecule has 6 rings (SSSR count). The standard InChI is InChI=1S/C33H28N4O2/c1-37(2)26-16-10-22(11-17-26)20-32(38)36-24-14-12-23(13-15-24)35-25-18-19-34-30(21-25)29-8-5-7-28-27-6-3-4-9-31(27)39-33(28)29/h3-19,21H,20H2,1-2H3,(H,34,35)(H,36,38). The van der Waals surface area contributed by atoms with Gasteiger partial charge in [-0.3, -0.25) is 9.78 Å². The van der Waals surface area contributed by atoms with Gasteiger partial charge in [-0.25, -0.2) is 0 Å². The molecule has 0 spiro atoms. The first-order valence-corrected chi connectivity index (χ1v) is 12.8. The summed E-state index contributed by atoms with van der Waals surface area (Å²) in [5.74, 6) is -0.0492. The van der Waals surface area contributed by atoms with Gasteiger partial charge in [-0.05, 0) is 66.2 Å². The Morgan fingerprint density at radius 1 is 0.795 bits per heavy atom. The molecule has 0 unspecified atom stereocenters. The average molecular weight is 513 g/mol. The number of amides is 1. The van der Waals surface area contributed by atoms with E-state index in [1.807, 2.05) is 110 Å². The smallest absolute Gasteiger partial charge is 0.228 e. The zero-order chi connectivity index (χ0) is 26.8. The Labute approximate surface area is 226 Å². The van der Waals surface area contributed by atoms with Gasteiger partial charge in [0.2, 0.25) is 5.91 Å². The first-order chi connectivity index (χ1) is 19.0. The molecule has 0 fully saturated rings. The lowest BCUT2D eigenvalue weighted by atomic mass is 10.1. The number of hydrogen-bond donors (Lipinski definition) is 2. The third kappa shape index (κ3) is 5.18. The van der Waals surface area contributed by atoms with Crippen molar-refractivity contribution >= 4 is 50.6 Å². The number of carbonyl (C=O) groups is 1. The topological polar surface area (TPSA) is 70.4 Å². The Kier molecular flexibility index (Phi) is 6.43. The van der Waals surface area contributed by atoms with Crippen molar-refractivity contribution in [3.63, 3.8) is 0 Å². The monoisotopic (exact) mass is 512 g/mol. The number of anilines is 4. The summed E-state index contributed by atoms with van der Waals surface area (Å²) >= 11 is 0. The van der Waals surface area contributed by atoms with Crippen molar-refractivity contribution in [2.24, 2.45) is 0 Å². The summed E-state index contributed by atoms with van der Waals surface area (Å²) < 4.78 is 6.20. The highest BCUT2D eigenvalue weighted by molar-refractivity contribution is 6.09. The Balaban J connectivity index is 1.14. The quantitative estimate of drug-likeness (QED) is 0.230. The Morgan fingerprint density at radius 2 is 1.54 bits per heavy atom. The molecule has 0 atom stereocenters. The van der Waals surface area contributed by atoms with E-state index in [0.717, 1.165) is 61.5 Å². The maximum atomic E-state index is 12.5. The van der Waals surface area contributed by atoms with Crippen LogP contribution in [0.5, 0.6) is 0 Å². The minimum Gasteiger partial charge on any atom is -0.455 e. The van der Waals surface area contributed by atoms with E-state index in [1.165, 1.54) is 0 Å². The number of nitrogens with zero attached hydrogens (tertiary/aromatic N) is 2. The molecule has 2 aromatic heterocycles. The van der Waals surface area contributed by atoms with Gasteiger partial charge in [-0.2, -0.15) is 0 Å². The lowest BCUT2D eigenvalue weighted by Crippen LogP contribution is -2.14. The lowest BCUT2D eigenvalue weighted by molar-refractivity contribution is -0.115. The van der Waals surface area contributed by atoms with Crippen LogP contribution in [0.25, 0.3) is 33.2 Å². The molecule has 0 aliphatic carbocycles. The molecule has 0 bridgehead atoms. The fraction of sp³-hybridized carbons (Fsp3) is 0.0909. The van der Waals surface area contributed by atoms with Crippen molar-refractivity contribution in [2.75, 3.05) is 29.6 Å². The van der Waals surface area contributed by atoms with Gasteiger partial charge in [0.05, 0.1) is 12.1 Å². The van der Waals surface area contributed by atoms with Crippen LogP contribution >= 0.6 is 0 Å². The molecule has 4 aromatic carbocycles. The van der Waals surface area contributed by atoms with E-state index in [-0.39, 0.29) is 5.91 Å². The van der Waals surface area contributed by atoms with Crippen molar-refractivity contribution in [1.29, 1.82) is 0 Å². The van der Waals surface area contributed by atoms with Gasteiger partial charge in [-0.15, -0.1) is 0 Å². The number of rotatable bonds is 7. The first-order valence-electron chi connectivity index (χ1n) is 12.8. The van der Waals surface area contributed by atoms with E-state index in [9.17, 15) is 4.79 Å². The van der Waals surface area contributed by atoms with Crippen LogP contribution in [-0.2, 0) is 11.2 Å². The molecule has 6 nitrogen and oxygen atoms in total. The highest BCUT2D eigenvalue weighted by Gasteiger charge is 2.13. The molecule has 0 aliphatic rings.